The summed E-state index contributed by atoms with van der Waals surface area (Å²) in [5.74, 6) is 0.211. The second-order valence-electron chi connectivity index (χ2n) is 5.75. The maximum absolute atomic E-state index is 12.4. The lowest BCUT2D eigenvalue weighted by molar-refractivity contribution is 0.102. The molecule has 5 nitrogen and oxygen atoms in total. The van der Waals surface area contributed by atoms with Gasteiger partial charge in [-0.15, -0.1) is 16.9 Å². The summed E-state index contributed by atoms with van der Waals surface area (Å²) in [5, 5.41) is 10.6. The summed E-state index contributed by atoms with van der Waals surface area (Å²) in [5.41, 5.74) is 4.15. The van der Waals surface area contributed by atoms with Crippen LogP contribution in [-0.2, 0) is 6.42 Å². The highest BCUT2D eigenvalue weighted by molar-refractivity contribution is 7.98. The highest BCUT2D eigenvalue weighted by Crippen LogP contribution is 2.21. The number of carbonyl (C=O) groups excluding carboxylic acids is 1. The number of carbonyl (C=O) groups is 1. The Morgan fingerprint density at radius 3 is 2.68 bits per heavy atom. The molecule has 1 aromatic heterocycles. The molecule has 0 spiro atoms. The Balaban J connectivity index is 1.71. The molecule has 3 aromatic rings. The van der Waals surface area contributed by atoms with Crippen LogP contribution >= 0.6 is 11.8 Å². The third-order valence-corrected chi connectivity index (χ3v) is 4.76. The normalized spacial score (nSPS) is 10.7. The number of thioether (sulfide) groups is 1. The van der Waals surface area contributed by atoms with Crippen LogP contribution in [0.5, 0.6) is 0 Å². The van der Waals surface area contributed by atoms with Crippen LogP contribution in [-0.4, -0.2) is 22.4 Å². The molecule has 0 bridgehead atoms. The Morgan fingerprint density at radius 2 is 1.92 bits per heavy atom. The first kappa shape index (κ1) is 17.2. The van der Waals surface area contributed by atoms with Gasteiger partial charge in [0.05, 0.1) is 12.0 Å². The van der Waals surface area contributed by atoms with Crippen molar-refractivity contribution in [2.45, 2.75) is 25.2 Å². The van der Waals surface area contributed by atoms with Crippen LogP contribution in [0.15, 0.2) is 51.8 Å². The van der Waals surface area contributed by atoms with Gasteiger partial charge in [0.2, 0.25) is 5.89 Å². The zero-order valence-electron chi connectivity index (χ0n) is 14.4. The number of nitrogens with one attached hydrogen (secondary N) is 1. The first-order valence-corrected chi connectivity index (χ1v) is 9.12. The fraction of sp³-hybridized carbons (Fsp3) is 0.211. The maximum Gasteiger partial charge on any atom is 0.322 e. The number of rotatable bonds is 5. The molecule has 0 unspecified atom stereocenters. The molecule has 0 saturated heterocycles. The number of hydrogen-bond acceptors (Lipinski definition) is 5. The van der Waals surface area contributed by atoms with Crippen LogP contribution in [0.2, 0.25) is 0 Å². The van der Waals surface area contributed by atoms with Crippen molar-refractivity contribution in [3.63, 3.8) is 0 Å². The van der Waals surface area contributed by atoms with Crippen molar-refractivity contribution in [2.24, 2.45) is 0 Å². The van der Waals surface area contributed by atoms with E-state index in [4.69, 9.17) is 4.42 Å². The van der Waals surface area contributed by atoms with E-state index in [1.165, 1.54) is 22.9 Å². The molecular formula is C19H19N3O2S. The molecule has 0 fully saturated rings. The Kier molecular flexibility index (Phi) is 5.19. The van der Waals surface area contributed by atoms with E-state index >= 15 is 0 Å². The topological polar surface area (TPSA) is 68.0 Å². The van der Waals surface area contributed by atoms with Crippen molar-refractivity contribution in [2.75, 3.05) is 11.6 Å². The van der Waals surface area contributed by atoms with Crippen molar-refractivity contribution >= 4 is 23.7 Å². The predicted molar refractivity (Wildman–Crippen MR) is 99.2 cm³/mol. The van der Waals surface area contributed by atoms with Crippen LogP contribution in [0.1, 0.15) is 32.9 Å². The van der Waals surface area contributed by atoms with E-state index < -0.39 is 0 Å². The molecule has 0 aliphatic heterocycles. The molecule has 6 heteroatoms. The van der Waals surface area contributed by atoms with E-state index in [0.717, 1.165) is 10.5 Å². The van der Waals surface area contributed by atoms with Crippen LogP contribution in [0.3, 0.4) is 0 Å². The van der Waals surface area contributed by atoms with E-state index in [0.29, 0.717) is 17.9 Å². The highest BCUT2D eigenvalue weighted by atomic mass is 32.2. The number of aromatic nitrogens is 2. The molecule has 1 amide bonds. The third-order valence-electron chi connectivity index (χ3n) is 3.97. The van der Waals surface area contributed by atoms with E-state index in [1.54, 1.807) is 6.07 Å². The largest absolute Gasteiger partial charge is 0.407 e. The molecular weight excluding hydrogens is 334 g/mol. The third kappa shape index (κ3) is 4.09. The van der Waals surface area contributed by atoms with Crippen LogP contribution in [0, 0.1) is 13.8 Å². The van der Waals surface area contributed by atoms with Crippen molar-refractivity contribution in [1.82, 2.24) is 10.2 Å². The van der Waals surface area contributed by atoms with Gasteiger partial charge in [-0.3, -0.25) is 10.1 Å². The smallest absolute Gasteiger partial charge is 0.322 e. The monoisotopic (exact) mass is 353 g/mol. The lowest BCUT2D eigenvalue weighted by Crippen LogP contribution is -2.13. The van der Waals surface area contributed by atoms with Gasteiger partial charge in [0.1, 0.15) is 0 Å². The summed E-state index contributed by atoms with van der Waals surface area (Å²) in [7, 11) is 0. The lowest BCUT2D eigenvalue weighted by atomic mass is 10.0. The van der Waals surface area contributed by atoms with E-state index in [9.17, 15) is 4.79 Å². The van der Waals surface area contributed by atoms with Crippen LogP contribution < -0.4 is 5.32 Å². The number of hydrogen-bond donors (Lipinski definition) is 1. The Bertz CT molecular complexity index is 905. The van der Waals surface area contributed by atoms with Crippen molar-refractivity contribution in [3.05, 3.63) is 70.6 Å². The predicted octanol–water partition coefficient (Wildman–Crippen LogP) is 4.25. The molecule has 0 radical (unpaired) electrons. The SMILES string of the molecule is CSc1ccccc1C(=O)Nc1nnc(Cc2ccc(C)c(C)c2)o1. The summed E-state index contributed by atoms with van der Waals surface area (Å²) in [6.45, 7) is 4.15. The van der Waals surface area contributed by atoms with Gasteiger partial charge in [-0.25, -0.2) is 0 Å². The molecule has 2 aromatic carbocycles. The summed E-state index contributed by atoms with van der Waals surface area (Å²) in [4.78, 5) is 13.3. The van der Waals surface area contributed by atoms with Crippen molar-refractivity contribution in [3.8, 4) is 0 Å². The minimum absolute atomic E-state index is 0.111. The zero-order valence-corrected chi connectivity index (χ0v) is 15.2. The van der Waals surface area contributed by atoms with E-state index in [-0.39, 0.29) is 11.9 Å². The average molecular weight is 353 g/mol. The summed E-state index contributed by atoms with van der Waals surface area (Å²) in [6, 6.07) is 13.7. The van der Waals surface area contributed by atoms with Gasteiger partial charge in [0.25, 0.3) is 5.91 Å². The Labute approximate surface area is 150 Å². The van der Waals surface area contributed by atoms with Gasteiger partial charge in [-0.1, -0.05) is 35.4 Å². The molecule has 3 rings (SSSR count). The van der Waals surface area contributed by atoms with Crippen molar-refractivity contribution < 1.29 is 9.21 Å². The molecule has 0 aliphatic carbocycles. The van der Waals surface area contributed by atoms with Crippen molar-refractivity contribution in [1.29, 1.82) is 0 Å². The molecule has 0 aliphatic rings. The van der Waals surface area contributed by atoms with Crippen LogP contribution in [0.25, 0.3) is 0 Å². The zero-order chi connectivity index (χ0) is 17.8. The number of anilines is 1. The molecule has 0 atom stereocenters. The lowest BCUT2D eigenvalue weighted by Gasteiger charge is -2.05. The van der Waals surface area contributed by atoms with Gasteiger partial charge in [0.15, 0.2) is 0 Å². The second kappa shape index (κ2) is 7.53. The summed E-state index contributed by atoms with van der Waals surface area (Å²) in [6.07, 6.45) is 2.46. The number of aryl methyl sites for hydroxylation is 2. The number of nitrogens with zero attached hydrogens (tertiary/aromatic N) is 2. The summed E-state index contributed by atoms with van der Waals surface area (Å²) < 4.78 is 5.56. The van der Waals surface area contributed by atoms with Gasteiger partial charge in [-0.2, -0.15) is 0 Å². The fourth-order valence-electron chi connectivity index (χ4n) is 2.46. The molecule has 1 heterocycles. The van der Waals surface area contributed by atoms with Crippen LogP contribution in [0.4, 0.5) is 6.01 Å². The van der Waals surface area contributed by atoms with Gasteiger partial charge in [-0.05, 0) is 48.9 Å². The van der Waals surface area contributed by atoms with Gasteiger partial charge < -0.3 is 4.42 Å². The van der Waals surface area contributed by atoms with Gasteiger partial charge in [0, 0.05) is 4.90 Å². The average Bonchev–Trinajstić information content (AvgIpc) is 3.05. The quantitative estimate of drug-likeness (QED) is 0.695. The minimum atomic E-state index is -0.258. The van der Waals surface area contributed by atoms with E-state index in [2.05, 4.69) is 41.5 Å². The second-order valence-corrected chi connectivity index (χ2v) is 6.60. The first-order valence-electron chi connectivity index (χ1n) is 7.89. The molecule has 0 saturated carbocycles. The fourth-order valence-corrected chi connectivity index (χ4v) is 3.06. The molecule has 25 heavy (non-hydrogen) atoms. The number of amides is 1. The molecule has 1 N–H and O–H groups in total. The standard InChI is InChI=1S/C19H19N3O2S/c1-12-8-9-14(10-13(12)2)11-17-21-22-19(24-17)20-18(23)15-6-4-5-7-16(15)25-3/h4-10H,11H2,1-3H3,(H,20,22,23). The number of benzene rings is 2. The Hall–Kier alpha value is -2.60. The maximum atomic E-state index is 12.4. The Morgan fingerprint density at radius 1 is 1.12 bits per heavy atom. The first-order chi connectivity index (χ1) is 12.1. The molecule has 128 valence electrons. The van der Waals surface area contributed by atoms with Gasteiger partial charge >= 0.3 is 6.01 Å². The summed E-state index contributed by atoms with van der Waals surface area (Å²) >= 11 is 1.52. The van der Waals surface area contributed by atoms with E-state index in [1.807, 2.05) is 30.5 Å². The minimum Gasteiger partial charge on any atom is -0.407 e. The highest BCUT2D eigenvalue weighted by Gasteiger charge is 2.14.